The van der Waals surface area contributed by atoms with Crippen molar-refractivity contribution in [1.82, 2.24) is 0 Å². The molecule has 0 atom stereocenters. The predicted octanol–water partition coefficient (Wildman–Crippen LogP) is 17.8. The zero-order chi connectivity index (χ0) is 45.2. The molecule has 0 fully saturated rings. The van der Waals surface area contributed by atoms with Crippen molar-refractivity contribution in [3.63, 3.8) is 0 Å². The summed E-state index contributed by atoms with van der Waals surface area (Å²) >= 11 is 0. The van der Waals surface area contributed by atoms with Crippen LogP contribution >= 0.6 is 0 Å². The van der Waals surface area contributed by atoms with Crippen molar-refractivity contribution in [2.45, 2.75) is 20.8 Å². The maximum atomic E-state index is 4.26. The smallest absolute Gasteiger partial charge is 0.0464 e. The third kappa shape index (κ3) is 9.87. The summed E-state index contributed by atoms with van der Waals surface area (Å²) in [4.78, 5) is 6.88. The lowest BCUT2D eigenvalue weighted by Gasteiger charge is -2.26. The fraction of sp³-hybridized carbons (Fsp3) is 0.0476. The molecular formula is C63H53N3. The van der Waals surface area contributed by atoms with E-state index in [-0.39, 0.29) is 0 Å². The van der Waals surface area contributed by atoms with Crippen molar-refractivity contribution >= 4 is 51.6 Å². The average molecular weight is 852 g/mol. The van der Waals surface area contributed by atoms with Crippen molar-refractivity contribution in [2.24, 2.45) is 0 Å². The molecule has 0 saturated heterocycles. The van der Waals surface area contributed by atoms with E-state index in [4.69, 9.17) is 0 Å². The normalized spacial score (nSPS) is 11.3. The van der Waals surface area contributed by atoms with Crippen molar-refractivity contribution in [2.75, 3.05) is 14.7 Å². The van der Waals surface area contributed by atoms with E-state index in [0.717, 1.165) is 79.0 Å². The van der Waals surface area contributed by atoms with Gasteiger partial charge in [-0.2, -0.15) is 0 Å². The van der Waals surface area contributed by atoms with E-state index < -0.39 is 0 Å². The molecule has 0 saturated carbocycles. The van der Waals surface area contributed by atoms with E-state index in [2.05, 4.69) is 285 Å². The highest BCUT2D eigenvalue weighted by Crippen LogP contribution is 2.39. The molecule has 66 heavy (non-hydrogen) atoms. The Morgan fingerprint density at radius 3 is 1.15 bits per heavy atom. The van der Waals surface area contributed by atoms with Gasteiger partial charge in [0.05, 0.1) is 0 Å². The molecule has 3 heteroatoms. The summed E-state index contributed by atoms with van der Waals surface area (Å²) in [6.07, 6.45) is 8.40. The van der Waals surface area contributed by atoms with Gasteiger partial charge < -0.3 is 14.7 Å². The Labute approximate surface area is 390 Å². The number of benzene rings is 9. The van der Waals surface area contributed by atoms with Gasteiger partial charge in [0.2, 0.25) is 0 Å². The van der Waals surface area contributed by atoms with Crippen molar-refractivity contribution < 1.29 is 0 Å². The van der Waals surface area contributed by atoms with Crippen molar-refractivity contribution in [3.8, 4) is 22.3 Å². The summed E-state index contributed by atoms with van der Waals surface area (Å²) in [6, 6.07) is 82.3. The van der Waals surface area contributed by atoms with Gasteiger partial charge in [-0.3, -0.25) is 0 Å². The molecule has 0 radical (unpaired) electrons. The maximum absolute atomic E-state index is 4.26. The standard InChI is InChI=1S/C63H53N3/c1-5-55(64(56-23-9-6-10-24-56)61-30-15-19-47(2)41-61)29-18-22-50-44-53(51-33-37-59(38-34-51)65(57-25-11-7-12-26-57)62-31-16-20-48(3)42-62)46-54(45-50)52-35-39-60(40-36-52)66(58-27-13-8-14-28-58)63-32-17-21-49(4)43-63/h5-46H,1H2,2-4H3/b22-18+,55-29+. The third-order valence-corrected chi connectivity index (χ3v) is 11.7. The molecule has 9 aromatic rings. The van der Waals surface area contributed by atoms with Crippen LogP contribution in [0.1, 0.15) is 22.3 Å². The van der Waals surface area contributed by atoms with Crippen LogP contribution in [0.25, 0.3) is 28.3 Å². The molecule has 0 spiro atoms. The lowest BCUT2D eigenvalue weighted by atomic mass is 9.95. The zero-order valence-electron chi connectivity index (χ0n) is 37.8. The highest BCUT2D eigenvalue weighted by atomic mass is 15.2. The van der Waals surface area contributed by atoms with Crippen LogP contribution in [0.4, 0.5) is 45.5 Å². The molecule has 0 aromatic heterocycles. The van der Waals surface area contributed by atoms with Crippen LogP contribution in [-0.2, 0) is 0 Å². The Bertz CT molecular complexity index is 2960. The summed E-state index contributed by atoms with van der Waals surface area (Å²) < 4.78 is 0. The second kappa shape index (κ2) is 20.0. The van der Waals surface area contributed by atoms with Gasteiger partial charge in [0, 0.05) is 51.2 Å². The predicted molar refractivity (Wildman–Crippen MR) is 283 cm³/mol. The van der Waals surface area contributed by atoms with E-state index in [0.29, 0.717) is 0 Å². The molecule has 0 N–H and O–H groups in total. The Morgan fingerprint density at radius 1 is 0.348 bits per heavy atom. The van der Waals surface area contributed by atoms with Gasteiger partial charge in [-0.05, 0) is 193 Å². The first kappa shape index (κ1) is 42.9. The van der Waals surface area contributed by atoms with Crippen LogP contribution in [0.3, 0.4) is 0 Å². The highest BCUT2D eigenvalue weighted by molar-refractivity contribution is 5.83. The van der Waals surface area contributed by atoms with E-state index in [1.165, 1.54) is 16.7 Å². The lowest BCUT2D eigenvalue weighted by Crippen LogP contribution is -2.14. The molecule has 9 rings (SSSR count). The van der Waals surface area contributed by atoms with E-state index >= 15 is 0 Å². The lowest BCUT2D eigenvalue weighted by molar-refractivity contribution is 1.20. The van der Waals surface area contributed by atoms with Gasteiger partial charge in [0.1, 0.15) is 0 Å². The summed E-state index contributed by atoms with van der Waals surface area (Å²) in [6.45, 7) is 10.7. The number of para-hydroxylation sites is 3. The van der Waals surface area contributed by atoms with Gasteiger partial charge in [0.25, 0.3) is 0 Å². The van der Waals surface area contributed by atoms with Gasteiger partial charge >= 0.3 is 0 Å². The molecular weight excluding hydrogens is 799 g/mol. The zero-order valence-corrected chi connectivity index (χ0v) is 37.8. The minimum Gasteiger partial charge on any atom is -0.311 e. The van der Waals surface area contributed by atoms with Crippen molar-refractivity contribution in [1.29, 1.82) is 0 Å². The topological polar surface area (TPSA) is 9.72 Å². The van der Waals surface area contributed by atoms with Gasteiger partial charge in [0.15, 0.2) is 0 Å². The monoisotopic (exact) mass is 851 g/mol. The number of anilines is 8. The number of hydrogen-bond acceptors (Lipinski definition) is 3. The molecule has 0 bridgehead atoms. The van der Waals surface area contributed by atoms with Gasteiger partial charge in [-0.1, -0.05) is 134 Å². The average Bonchev–Trinajstić information content (AvgIpc) is 3.35. The largest absolute Gasteiger partial charge is 0.311 e. The molecule has 0 amide bonds. The molecule has 0 aliphatic rings. The van der Waals surface area contributed by atoms with E-state index in [9.17, 15) is 0 Å². The Balaban J connectivity index is 1.12. The van der Waals surface area contributed by atoms with Gasteiger partial charge in [-0.15, -0.1) is 0 Å². The summed E-state index contributed by atoms with van der Waals surface area (Å²) in [5.41, 5.74) is 19.1. The summed E-state index contributed by atoms with van der Waals surface area (Å²) in [5, 5.41) is 0. The van der Waals surface area contributed by atoms with Crippen LogP contribution in [0, 0.1) is 20.8 Å². The summed E-state index contributed by atoms with van der Waals surface area (Å²) in [5.74, 6) is 0. The molecule has 0 aliphatic heterocycles. The SMILES string of the molecule is C=C/C(=C\C=C\c1cc(-c2ccc(N(c3ccccc3)c3cccc(C)c3)cc2)cc(-c2ccc(N(c3ccccc3)c3cccc(C)c3)cc2)c1)N(c1ccccc1)c1cccc(C)c1. The van der Waals surface area contributed by atoms with Crippen LogP contribution in [0.2, 0.25) is 0 Å². The minimum absolute atomic E-state index is 0.971. The third-order valence-electron chi connectivity index (χ3n) is 11.7. The minimum atomic E-state index is 0.971. The van der Waals surface area contributed by atoms with Gasteiger partial charge in [-0.25, -0.2) is 0 Å². The van der Waals surface area contributed by atoms with Crippen molar-refractivity contribution in [3.05, 3.63) is 283 Å². The quantitative estimate of drug-likeness (QED) is 0.101. The van der Waals surface area contributed by atoms with Crippen LogP contribution in [0.5, 0.6) is 0 Å². The molecule has 0 unspecified atom stereocenters. The first-order valence-electron chi connectivity index (χ1n) is 22.5. The molecule has 0 aliphatic carbocycles. The molecule has 3 nitrogen and oxygen atoms in total. The number of rotatable bonds is 14. The first-order chi connectivity index (χ1) is 32.4. The Morgan fingerprint density at radius 2 is 0.727 bits per heavy atom. The highest BCUT2D eigenvalue weighted by Gasteiger charge is 2.16. The number of aryl methyl sites for hydroxylation is 3. The van der Waals surface area contributed by atoms with Crippen LogP contribution in [-0.4, -0.2) is 0 Å². The van der Waals surface area contributed by atoms with E-state index in [1.807, 2.05) is 12.1 Å². The Kier molecular flexibility index (Phi) is 13.0. The Hall–Kier alpha value is -8.40. The van der Waals surface area contributed by atoms with E-state index in [1.54, 1.807) is 0 Å². The first-order valence-corrected chi connectivity index (χ1v) is 22.5. The van der Waals surface area contributed by atoms with Crippen LogP contribution < -0.4 is 14.7 Å². The molecule has 9 aromatic carbocycles. The fourth-order valence-electron chi connectivity index (χ4n) is 8.55. The number of allylic oxidation sites excluding steroid dienone is 3. The maximum Gasteiger partial charge on any atom is 0.0464 e. The number of nitrogens with zero attached hydrogens (tertiary/aromatic N) is 3. The fourth-order valence-corrected chi connectivity index (χ4v) is 8.55. The second-order valence-corrected chi connectivity index (χ2v) is 16.6. The molecule has 0 heterocycles. The summed E-state index contributed by atoms with van der Waals surface area (Å²) in [7, 11) is 0. The molecule has 320 valence electrons. The van der Waals surface area contributed by atoms with Crippen LogP contribution in [0.15, 0.2) is 261 Å². The second-order valence-electron chi connectivity index (χ2n) is 16.6. The number of hydrogen-bond donors (Lipinski definition) is 0.